The van der Waals surface area contributed by atoms with Gasteiger partial charge in [0.15, 0.2) is 16.6 Å². The minimum absolute atomic E-state index is 0.0103. The lowest BCUT2D eigenvalue weighted by Crippen LogP contribution is -2.37. The van der Waals surface area contributed by atoms with Gasteiger partial charge in [-0.15, -0.1) is 0 Å². The van der Waals surface area contributed by atoms with Gasteiger partial charge in [0.05, 0.1) is 19.8 Å². The first-order chi connectivity index (χ1) is 12.5. The van der Waals surface area contributed by atoms with Crippen LogP contribution in [0.4, 0.5) is 8.78 Å². The third-order valence-corrected chi connectivity index (χ3v) is 4.41. The molecule has 6 nitrogen and oxygen atoms in total. The molecular weight excluding hydrogens is 366 g/mol. The first kappa shape index (κ1) is 18.5. The van der Waals surface area contributed by atoms with E-state index in [4.69, 9.17) is 21.7 Å². The fourth-order valence-electron chi connectivity index (χ4n) is 2.86. The molecule has 1 aromatic carbocycles. The number of hydrogen-bond acceptors (Lipinski definition) is 5. The molecule has 0 aromatic heterocycles. The third kappa shape index (κ3) is 4.10. The molecule has 2 aliphatic rings. The van der Waals surface area contributed by atoms with Gasteiger partial charge in [-0.05, 0) is 48.8 Å². The van der Waals surface area contributed by atoms with Gasteiger partial charge in [0.25, 0.3) is 5.91 Å². The highest BCUT2D eigenvalue weighted by atomic mass is 32.1. The fourth-order valence-corrected chi connectivity index (χ4v) is 3.13. The maximum atomic E-state index is 12.6. The number of carbonyl (C=O) groups excluding carboxylic acids is 1. The Morgan fingerprint density at radius 3 is 2.92 bits per heavy atom. The molecule has 0 bridgehead atoms. The Kier molecular flexibility index (Phi) is 5.67. The molecule has 0 saturated carbocycles. The number of alkyl halides is 2. The van der Waals surface area contributed by atoms with E-state index in [9.17, 15) is 13.6 Å². The van der Waals surface area contributed by atoms with Crippen molar-refractivity contribution in [3.63, 3.8) is 0 Å². The summed E-state index contributed by atoms with van der Waals surface area (Å²) in [6, 6.07) is 4.42. The quantitative estimate of drug-likeness (QED) is 0.601. The van der Waals surface area contributed by atoms with Crippen molar-refractivity contribution >= 4 is 29.3 Å². The van der Waals surface area contributed by atoms with Crippen LogP contribution in [0, 0.1) is 0 Å². The zero-order valence-electron chi connectivity index (χ0n) is 14.0. The predicted molar refractivity (Wildman–Crippen MR) is 94.0 cm³/mol. The Bertz CT molecular complexity index is 735. The molecule has 0 spiro atoms. The van der Waals surface area contributed by atoms with Crippen molar-refractivity contribution in [2.75, 3.05) is 20.3 Å². The van der Waals surface area contributed by atoms with Crippen molar-refractivity contribution in [3.05, 3.63) is 29.5 Å². The minimum atomic E-state index is -2.95. The summed E-state index contributed by atoms with van der Waals surface area (Å²) in [5.41, 5.74) is 0.888. The molecule has 140 valence electrons. The van der Waals surface area contributed by atoms with E-state index in [0.29, 0.717) is 29.5 Å². The van der Waals surface area contributed by atoms with E-state index in [1.54, 1.807) is 12.1 Å². The summed E-state index contributed by atoms with van der Waals surface area (Å²) in [4.78, 5) is 14.0. The Labute approximate surface area is 154 Å². The Balaban J connectivity index is 1.76. The van der Waals surface area contributed by atoms with Gasteiger partial charge in [-0.3, -0.25) is 9.69 Å². The SMILES string of the molecule is COc1cc(/C=C2\NC(=S)N(CC3CCCO3)C2=O)ccc1OC(F)F. The van der Waals surface area contributed by atoms with Crippen LogP contribution in [0.5, 0.6) is 11.5 Å². The summed E-state index contributed by atoms with van der Waals surface area (Å²) in [5, 5.41) is 3.20. The molecule has 9 heteroatoms. The van der Waals surface area contributed by atoms with Crippen molar-refractivity contribution in [3.8, 4) is 11.5 Å². The van der Waals surface area contributed by atoms with Crippen molar-refractivity contribution in [2.24, 2.45) is 0 Å². The van der Waals surface area contributed by atoms with Gasteiger partial charge in [0.2, 0.25) is 0 Å². The van der Waals surface area contributed by atoms with Gasteiger partial charge in [0.1, 0.15) is 5.70 Å². The van der Waals surface area contributed by atoms with Crippen LogP contribution in [0.3, 0.4) is 0 Å². The number of nitrogens with one attached hydrogen (secondary N) is 1. The molecule has 3 rings (SSSR count). The van der Waals surface area contributed by atoms with Crippen LogP contribution in [0.1, 0.15) is 18.4 Å². The van der Waals surface area contributed by atoms with Crippen molar-refractivity contribution in [2.45, 2.75) is 25.6 Å². The number of benzene rings is 1. The number of methoxy groups -OCH3 is 1. The molecule has 1 amide bonds. The predicted octanol–water partition coefficient (Wildman–Crippen LogP) is 2.53. The molecular formula is C17H18F2N2O4S. The molecule has 1 aromatic rings. The number of halogens is 2. The zero-order valence-corrected chi connectivity index (χ0v) is 14.9. The van der Waals surface area contributed by atoms with Crippen LogP contribution >= 0.6 is 12.2 Å². The summed E-state index contributed by atoms with van der Waals surface area (Å²) in [7, 11) is 1.35. The average molecular weight is 384 g/mol. The lowest BCUT2D eigenvalue weighted by atomic mass is 10.1. The van der Waals surface area contributed by atoms with E-state index in [0.717, 1.165) is 12.8 Å². The molecule has 26 heavy (non-hydrogen) atoms. The first-order valence-corrected chi connectivity index (χ1v) is 8.47. The van der Waals surface area contributed by atoms with Gasteiger partial charge >= 0.3 is 6.61 Å². The zero-order chi connectivity index (χ0) is 18.7. The second-order valence-corrected chi connectivity index (χ2v) is 6.21. The smallest absolute Gasteiger partial charge is 0.387 e. The number of hydrogen-bond donors (Lipinski definition) is 1. The van der Waals surface area contributed by atoms with Gasteiger partial charge in [0, 0.05) is 6.61 Å². The summed E-state index contributed by atoms with van der Waals surface area (Å²) in [6.45, 7) is -1.84. The van der Waals surface area contributed by atoms with Crippen LogP contribution in [0.15, 0.2) is 23.9 Å². The fraction of sp³-hybridized carbons (Fsp3) is 0.412. The molecule has 1 N–H and O–H groups in total. The van der Waals surface area contributed by atoms with Gasteiger partial charge < -0.3 is 19.5 Å². The molecule has 2 saturated heterocycles. The summed E-state index contributed by atoms with van der Waals surface area (Å²) < 4.78 is 39.8. The second kappa shape index (κ2) is 7.96. The molecule has 0 radical (unpaired) electrons. The Hall–Kier alpha value is -2.26. The maximum Gasteiger partial charge on any atom is 0.387 e. The number of thiocarbonyl (C=S) groups is 1. The van der Waals surface area contributed by atoms with E-state index in [1.807, 2.05) is 0 Å². The number of rotatable bonds is 6. The molecule has 2 aliphatic heterocycles. The average Bonchev–Trinajstić information content (AvgIpc) is 3.20. The molecule has 0 aliphatic carbocycles. The standard InChI is InChI=1S/C17H18F2N2O4S/c1-23-14-8-10(4-5-13(14)25-16(18)19)7-12-15(22)21(17(26)20-12)9-11-3-2-6-24-11/h4-5,7-8,11,16H,2-3,6,9H2,1H3,(H,20,26)/b12-7-. The number of ether oxygens (including phenoxy) is 3. The van der Waals surface area contributed by atoms with E-state index in [2.05, 4.69) is 10.1 Å². The Morgan fingerprint density at radius 1 is 1.46 bits per heavy atom. The Morgan fingerprint density at radius 2 is 2.27 bits per heavy atom. The van der Waals surface area contributed by atoms with Gasteiger partial charge in [-0.25, -0.2) is 0 Å². The highest BCUT2D eigenvalue weighted by molar-refractivity contribution is 7.80. The number of amides is 1. The van der Waals surface area contributed by atoms with E-state index >= 15 is 0 Å². The van der Waals surface area contributed by atoms with E-state index < -0.39 is 6.61 Å². The lowest BCUT2D eigenvalue weighted by Gasteiger charge is -2.18. The van der Waals surface area contributed by atoms with Crippen LogP contribution < -0.4 is 14.8 Å². The number of nitrogens with zero attached hydrogens (tertiary/aromatic N) is 1. The summed E-state index contributed by atoms with van der Waals surface area (Å²) in [5.74, 6) is -0.188. The second-order valence-electron chi connectivity index (χ2n) is 5.83. The molecule has 2 heterocycles. The molecule has 2 fully saturated rings. The van der Waals surface area contributed by atoms with Crippen molar-refractivity contribution < 1.29 is 27.8 Å². The minimum Gasteiger partial charge on any atom is -0.493 e. The monoisotopic (exact) mass is 384 g/mol. The largest absolute Gasteiger partial charge is 0.493 e. The normalized spacial score (nSPS) is 21.6. The molecule has 1 atom stereocenters. The van der Waals surface area contributed by atoms with Crippen LogP contribution in [0.2, 0.25) is 0 Å². The first-order valence-electron chi connectivity index (χ1n) is 8.07. The highest BCUT2D eigenvalue weighted by Crippen LogP contribution is 2.30. The van der Waals surface area contributed by atoms with Crippen LogP contribution in [0.25, 0.3) is 6.08 Å². The van der Waals surface area contributed by atoms with Crippen LogP contribution in [-0.4, -0.2) is 48.9 Å². The highest BCUT2D eigenvalue weighted by Gasteiger charge is 2.33. The van der Waals surface area contributed by atoms with Crippen molar-refractivity contribution in [1.82, 2.24) is 10.2 Å². The van der Waals surface area contributed by atoms with Crippen molar-refractivity contribution in [1.29, 1.82) is 0 Å². The molecule has 1 unspecified atom stereocenters. The topological polar surface area (TPSA) is 60.0 Å². The summed E-state index contributed by atoms with van der Waals surface area (Å²) in [6.07, 6.45) is 3.44. The van der Waals surface area contributed by atoms with E-state index in [-0.39, 0.29) is 23.5 Å². The van der Waals surface area contributed by atoms with E-state index in [1.165, 1.54) is 24.1 Å². The van der Waals surface area contributed by atoms with Gasteiger partial charge in [-0.1, -0.05) is 6.07 Å². The van der Waals surface area contributed by atoms with Gasteiger partial charge in [-0.2, -0.15) is 8.78 Å². The maximum absolute atomic E-state index is 12.6. The number of carbonyl (C=O) groups is 1. The van der Waals surface area contributed by atoms with Crippen LogP contribution in [-0.2, 0) is 9.53 Å². The third-order valence-electron chi connectivity index (χ3n) is 4.09. The summed E-state index contributed by atoms with van der Waals surface area (Å²) >= 11 is 5.23. The lowest BCUT2D eigenvalue weighted by molar-refractivity contribution is -0.123.